The first kappa shape index (κ1) is 27.0. The molecule has 33 heavy (non-hydrogen) atoms. The number of esters is 1. The predicted octanol–water partition coefficient (Wildman–Crippen LogP) is 3.87. The SMILES string of the molecule is CC(C)(C)OC(=O)C=NCC(=O)[N+]1(C(=O)OC(C)(C)C)CCC[C@]1(C(=O)O)C1CCCCC1. The molecule has 186 valence electrons. The van der Waals surface area contributed by atoms with Gasteiger partial charge in [-0.1, -0.05) is 19.3 Å². The molecule has 1 N–H and O–H groups in total. The van der Waals surface area contributed by atoms with E-state index >= 15 is 0 Å². The van der Waals surface area contributed by atoms with Crippen molar-refractivity contribution in [2.75, 3.05) is 13.1 Å². The minimum absolute atomic E-state index is 0.0402. The number of carboxylic acid groups (broad SMARTS) is 1. The molecule has 1 aliphatic carbocycles. The van der Waals surface area contributed by atoms with Crippen LogP contribution in [0.5, 0.6) is 0 Å². The van der Waals surface area contributed by atoms with E-state index in [2.05, 4.69) is 4.99 Å². The number of rotatable bonds is 5. The second-order valence-corrected chi connectivity index (χ2v) is 11.1. The number of nitrogens with zero attached hydrogens (tertiary/aromatic N) is 2. The largest absolute Gasteiger partial charge is 0.525 e. The van der Waals surface area contributed by atoms with Gasteiger partial charge in [-0.3, -0.25) is 4.99 Å². The van der Waals surface area contributed by atoms with Crippen molar-refractivity contribution in [1.29, 1.82) is 0 Å². The van der Waals surface area contributed by atoms with E-state index in [4.69, 9.17) is 9.47 Å². The summed E-state index contributed by atoms with van der Waals surface area (Å²) in [6, 6.07) is 0. The Morgan fingerprint density at radius 1 is 0.970 bits per heavy atom. The summed E-state index contributed by atoms with van der Waals surface area (Å²) in [5, 5.41) is 10.5. The monoisotopic (exact) mass is 467 g/mol. The quantitative estimate of drug-likeness (QED) is 0.370. The molecule has 0 spiro atoms. The van der Waals surface area contributed by atoms with Crippen LogP contribution < -0.4 is 0 Å². The molecule has 1 aliphatic heterocycles. The molecule has 2 rings (SSSR count). The van der Waals surface area contributed by atoms with Gasteiger partial charge in [0.15, 0.2) is 6.54 Å². The van der Waals surface area contributed by atoms with Crippen LogP contribution in [0.3, 0.4) is 0 Å². The van der Waals surface area contributed by atoms with Crippen molar-refractivity contribution in [3.05, 3.63) is 0 Å². The average Bonchev–Trinajstić information content (AvgIpc) is 3.08. The number of hydrogen-bond acceptors (Lipinski definition) is 7. The summed E-state index contributed by atoms with van der Waals surface area (Å²) in [7, 11) is 0. The van der Waals surface area contributed by atoms with Crippen molar-refractivity contribution in [1.82, 2.24) is 0 Å². The Morgan fingerprint density at radius 3 is 2.06 bits per heavy atom. The van der Waals surface area contributed by atoms with E-state index in [1.54, 1.807) is 41.5 Å². The maximum absolute atomic E-state index is 13.7. The van der Waals surface area contributed by atoms with E-state index in [1.807, 2.05) is 0 Å². The lowest BCUT2D eigenvalue weighted by atomic mass is 9.72. The van der Waals surface area contributed by atoms with Crippen LogP contribution in [0.15, 0.2) is 4.99 Å². The Labute approximate surface area is 196 Å². The lowest BCUT2D eigenvalue weighted by Crippen LogP contribution is -2.74. The van der Waals surface area contributed by atoms with Crippen molar-refractivity contribution in [2.45, 2.75) is 103 Å². The van der Waals surface area contributed by atoms with Gasteiger partial charge >= 0.3 is 23.9 Å². The number of amides is 2. The minimum atomic E-state index is -1.60. The highest BCUT2D eigenvalue weighted by Gasteiger charge is 2.72. The molecule has 1 saturated carbocycles. The number of likely N-dealkylation sites (tertiary alicyclic amines) is 1. The molecule has 1 heterocycles. The topological polar surface area (TPSA) is 119 Å². The molecule has 0 aromatic heterocycles. The van der Waals surface area contributed by atoms with E-state index in [-0.39, 0.29) is 18.9 Å². The molecule has 0 bridgehead atoms. The molecule has 9 nitrogen and oxygen atoms in total. The fourth-order valence-corrected chi connectivity index (χ4v) is 5.21. The first-order valence-corrected chi connectivity index (χ1v) is 11.8. The molecule has 0 aromatic rings. The molecule has 0 aromatic carbocycles. The lowest BCUT2D eigenvalue weighted by Gasteiger charge is -2.46. The summed E-state index contributed by atoms with van der Waals surface area (Å²) >= 11 is 0. The molecule has 2 atom stereocenters. The average molecular weight is 468 g/mol. The predicted molar refractivity (Wildman–Crippen MR) is 122 cm³/mol. The molecule has 2 amide bonds. The first-order valence-electron chi connectivity index (χ1n) is 11.8. The van der Waals surface area contributed by atoms with Gasteiger partial charge in [0, 0.05) is 18.8 Å². The fraction of sp³-hybridized carbons (Fsp3) is 0.792. The Kier molecular flexibility index (Phi) is 8.10. The number of carbonyl (C=O) groups is 4. The molecule has 2 aliphatic rings. The second-order valence-electron chi connectivity index (χ2n) is 11.1. The van der Waals surface area contributed by atoms with Crippen LogP contribution in [0.4, 0.5) is 4.79 Å². The van der Waals surface area contributed by atoms with E-state index in [0.717, 1.165) is 25.5 Å². The molecule has 1 saturated heterocycles. The van der Waals surface area contributed by atoms with Gasteiger partial charge in [-0.2, -0.15) is 4.79 Å². The number of quaternary nitrogens is 1. The fourth-order valence-electron chi connectivity index (χ4n) is 5.21. The summed E-state index contributed by atoms with van der Waals surface area (Å²) < 4.78 is 9.89. The van der Waals surface area contributed by atoms with Crippen LogP contribution in [0.25, 0.3) is 0 Å². The number of hydrogen-bond donors (Lipinski definition) is 1. The van der Waals surface area contributed by atoms with E-state index in [9.17, 15) is 24.3 Å². The highest BCUT2D eigenvalue weighted by Crippen LogP contribution is 2.49. The molecule has 0 radical (unpaired) electrons. The van der Waals surface area contributed by atoms with Crippen LogP contribution in [0.1, 0.15) is 86.5 Å². The molecular formula is C24H39N2O7+. The van der Waals surface area contributed by atoms with Gasteiger partial charge in [0.25, 0.3) is 0 Å². The van der Waals surface area contributed by atoms with E-state index in [1.165, 1.54) is 0 Å². The number of aliphatic carboxylic acids is 1. The minimum Gasteiger partial charge on any atom is -0.477 e. The summed E-state index contributed by atoms with van der Waals surface area (Å²) in [4.78, 5) is 56.0. The zero-order valence-corrected chi connectivity index (χ0v) is 20.8. The Bertz CT molecular complexity index is 803. The van der Waals surface area contributed by atoms with Crippen molar-refractivity contribution < 1.29 is 38.2 Å². The smallest absolute Gasteiger partial charge is 0.477 e. The molecule has 2 fully saturated rings. The van der Waals surface area contributed by atoms with Crippen LogP contribution in [0.2, 0.25) is 0 Å². The highest BCUT2D eigenvalue weighted by molar-refractivity contribution is 6.23. The van der Waals surface area contributed by atoms with Crippen molar-refractivity contribution in [3.8, 4) is 0 Å². The van der Waals surface area contributed by atoms with Crippen LogP contribution in [-0.2, 0) is 23.9 Å². The van der Waals surface area contributed by atoms with Gasteiger partial charge in [-0.25, -0.2) is 14.4 Å². The molecule has 1 unspecified atom stereocenters. The Morgan fingerprint density at radius 2 is 1.55 bits per heavy atom. The van der Waals surface area contributed by atoms with Gasteiger partial charge in [-0.05, 0) is 54.4 Å². The summed E-state index contributed by atoms with van der Waals surface area (Å²) in [6.07, 6.45) is 4.69. The number of ether oxygens (including phenoxy) is 2. The third-order valence-electron chi connectivity index (χ3n) is 6.34. The highest BCUT2D eigenvalue weighted by atomic mass is 16.6. The van der Waals surface area contributed by atoms with Crippen molar-refractivity contribution in [3.63, 3.8) is 0 Å². The maximum Gasteiger partial charge on any atom is 0.525 e. The Balaban J connectivity index is 2.47. The van der Waals surface area contributed by atoms with Crippen LogP contribution in [0, 0.1) is 5.92 Å². The van der Waals surface area contributed by atoms with Crippen LogP contribution in [-0.4, -0.2) is 69.6 Å². The first-order chi connectivity index (χ1) is 15.2. The third-order valence-corrected chi connectivity index (χ3v) is 6.34. The van der Waals surface area contributed by atoms with Crippen molar-refractivity contribution >= 4 is 30.2 Å². The number of aliphatic imine (C=N–C) groups is 1. The third kappa shape index (κ3) is 5.80. The standard InChI is InChI=1S/C24H38N2O7/c1-22(2,3)32-19(28)16-25-15-18(27)26(21(31)33-23(4,5)6)14-10-13-24(26,20(29)30)17-11-8-7-9-12-17/h16-17H,7-15H2,1-6H3/p+1/t24-,26?/m1/s1. The van der Waals surface area contributed by atoms with E-state index in [0.29, 0.717) is 19.3 Å². The maximum atomic E-state index is 13.7. The van der Waals surface area contributed by atoms with Gasteiger partial charge in [0.05, 0.1) is 6.54 Å². The number of imide groups is 1. The number of carbonyl (C=O) groups excluding carboxylic acids is 3. The van der Waals surface area contributed by atoms with Gasteiger partial charge in [0.2, 0.25) is 5.54 Å². The second kappa shape index (κ2) is 9.91. The van der Waals surface area contributed by atoms with Crippen molar-refractivity contribution in [2.24, 2.45) is 10.9 Å². The zero-order valence-electron chi connectivity index (χ0n) is 20.8. The van der Waals surface area contributed by atoms with Gasteiger partial charge < -0.3 is 14.6 Å². The summed E-state index contributed by atoms with van der Waals surface area (Å²) in [6.45, 7) is 9.72. The normalized spacial score (nSPS) is 26.8. The van der Waals surface area contributed by atoms with Crippen LogP contribution >= 0.6 is 0 Å². The number of carboxylic acids is 1. The van der Waals surface area contributed by atoms with Gasteiger partial charge in [0.1, 0.15) is 17.4 Å². The molecule has 9 heteroatoms. The van der Waals surface area contributed by atoms with Gasteiger partial charge in [-0.15, -0.1) is 4.48 Å². The van der Waals surface area contributed by atoms with E-state index < -0.39 is 51.7 Å². The summed E-state index contributed by atoms with van der Waals surface area (Å²) in [5.74, 6) is -2.85. The zero-order chi connectivity index (χ0) is 25.1. The molecular weight excluding hydrogens is 428 g/mol. The Hall–Kier alpha value is -2.29. The summed E-state index contributed by atoms with van der Waals surface area (Å²) in [5.41, 5.74) is -3.21. The lowest BCUT2D eigenvalue weighted by molar-refractivity contribution is -0.820.